The topological polar surface area (TPSA) is 61.4 Å². The number of fused-ring (bicyclic) bond motifs is 1. The Bertz CT molecular complexity index is 324. The molecule has 4 nitrogen and oxygen atoms in total. The minimum Gasteiger partial charge on any atom is -0.301 e. The lowest BCUT2D eigenvalue weighted by atomic mass is 10.0. The lowest BCUT2D eigenvalue weighted by Gasteiger charge is -2.21. The first-order chi connectivity index (χ1) is 6.31. The molecule has 70 valence electrons. The standard InChI is InChI=1S/C8H10N2O2S/c11-8(10-12)6-3-7-5(4-9-6)1-2-13-7/h1-2,6,9,12H,3-4H2,(H,10,11). The Morgan fingerprint density at radius 1 is 1.77 bits per heavy atom. The molecule has 2 rings (SSSR count). The van der Waals surface area contributed by atoms with E-state index in [1.165, 1.54) is 10.4 Å². The van der Waals surface area contributed by atoms with Crippen LogP contribution in [0.15, 0.2) is 11.4 Å². The second-order valence-corrected chi connectivity index (χ2v) is 3.98. The Morgan fingerprint density at radius 2 is 2.62 bits per heavy atom. The number of rotatable bonds is 1. The number of nitrogens with one attached hydrogen (secondary N) is 2. The van der Waals surface area contributed by atoms with Crippen LogP contribution in [0.1, 0.15) is 10.4 Å². The number of carbonyl (C=O) groups excluding carboxylic acids is 1. The molecule has 1 aliphatic rings. The van der Waals surface area contributed by atoms with E-state index in [9.17, 15) is 4.79 Å². The maximum absolute atomic E-state index is 11.1. The number of hydroxylamine groups is 1. The van der Waals surface area contributed by atoms with Gasteiger partial charge in [-0.3, -0.25) is 10.0 Å². The van der Waals surface area contributed by atoms with E-state index in [2.05, 4.69) is 11.4 Å². The van der Waals surface area contributed by atoms with E-state index in [0.717, 1.165) is 0 Å². The van der Waals surface area contributed by atoms with E-state index in [4.69, 9.17) is 5.21 Å². The van der Waals surface area contributed by atoms with Crippen LogP contribution < -0.4 is 10.8 Å². The zero-order valence-corrected chi connectivity index (χ0v) is 7.73. The Kier molecular flexibility index (Phi) is 2.30. The van der Waals surface area contributed by atoms with Gasteiger partial charge in [0.2, 0.25) is 0 Å². The van der Waals surface area contributed by atoms with Crippen LogP contribution in [0.3, 0.4) is 0 Å². The van der Waals surface area contributed by atoms with Crippen LogP contribution in [0.25, 0.3) is 0 Å². The predicted molar refractivity (Wildman–Crippen MR) is 48.6 cm³/mol. The molecular weight excluding hydrogens is 188 g/mol. The van der Waals surface area contributed by atoms with Crippen molar-refractivity contribution in [2.75, 3.05) is 0 Å². The van der Waals surface area contributed by atoms with E-state index in [1.54, 1.807) is 16.8 Å². The van der Waals surface area contributed by atoms with E-state index < -0.39 is 0 Å². The minimum absolute atomic E-state index is 0.295. The summed E-state index contributed by atoms with van der Waals surface area (Å²) in [5.41, 5.74) is 2.92. The third-order valence-corrected chi connectivity index (χ3v) is 3.18. The third-order valence-electron chi connectivity index (χ3n) is 2.19. The van der Waals surface area contributed by atoms with Gasteiger partial charge in [-0.2, -0.15) is 0 Å². The maximum Gasteiger partial charge on any atom is 0.260 e. The van der Waals surface area contributed by atoms with Crippen molar-refractivity contribution in [3.63, 3.8) is 0 Å². The molecule has 2 heterocycles. The quantitative estimate of drug-likeness (QED) is 0.448. The fraction of sp³-hybridized carbons (Fsp3) is 0.375. The van der Waals surface area contributed by atoms with Gasteiger partial charge < -0.3 is 5.32 Å². The molecule has 3 N–H and O–H groups in total. The zero-order chi connectivity index (χ0) is 9.26. The summed E-state index contributed by atoms with van der Waals surface area (Å²) < 4.78 is 0. The monoisotopic (exact) mass is 198 g/mol. The molecule has 1 unspecified atom stereocenters. The third kappa shape index (κ3) is 1.58. The zero-order valence-electron chi connectivity index (χ0n) is 6.91. The second kappa shape index (κ2) is 3.45. The van der Waals surface area contributed by atoms with E-state index in [-0.39, 0.29) is 11.9 Å². The number of carbonyl (C=O) groups is 1. The van der Waals surface area contributed by atoms with Crippen molar-refractivity contribution in [3.8, 4) is 0 Å². The molecule has 0 bridgehead atoms. The summed E-state index contributed by atoms with van der Waals surface area (Å²) in [6.45, 7) is 0.705. The highest BCUT2D eigenvalue weighted by molar-refractivity contribution is 7.10. The van der Waals surface area contributed by atoms with Crippen LogP contribution in [-0.2, 0) is 17.8 Å². The van der Waals surface area contributed by atoms with Crippen LogP contribution in [-0.4, -0.2) is 17.2 Å². The first kappa shape index (κ1) is 8.68. The van der Waals surface area contributed by atoms with Crippen molar-refractivity contribution < 1.29 is 10.0 Å². The van der Waals surface area contributed by atoms with Crippen molar-refractivity contribution in [2.24, 2.45) is 0 Å². The second-order valence-electron chi connectivity index (χ2n) is 2.98. The minimum atomic E-state index is -0.362. The van der Waals surface area contributed by atoms with Gasteiger partial charge in [0, 0.05) is 17.8 Å². The summed E-state index contributed by atoms with van der Waals surface area (Å²) >= 11 is 1.66. The Balaban J connectivity index is 2.13. The lowest BCUT2D eigenvalue weighted by Crippen LogP contribution is -2.46. The molecule has 0 spiro atoms. The van der Waals surface area contributed by atoms with Crippen LogP contribution in [0.4, 0.5) is 0 Å². The smallest absolute Gasteiger partial charge is 0.260 e. The summed E-state index contributed by atoms with van der Waals surface area (Å²) in [7, 11) is 0. The highest BCUT2D eigenvalue weighted by Gasteiger charge is 2.24. The fourth-order valence-corrected chi connectivity index (χ4v) is 2.41. The van der Waals surface area contributed by atoms with E-state index >= 15 is 0 Å². The normalized spacial score (nSPS) is 20.8. The van der Waals surface area contributed by atoms with Gasteiger partial charge in [0.05, 0.1) is 6.04 Å². The average molecular weight is 198 g/mol. The molecule has 0 saturated heterocycles. The molecule has 1 atom stereocenters. The molecule has 1 aromatic rings. The van der Waals surface area contributed by atoms with Gasteiger partial charge >= 0.3 is 0 Å². The van der Waals surface area contributed by atoms with E-state index in [1.807, 2.05) is 5.38 Å². The van der Waals surface area contributed by atoms with Crippen molar-refractivity contribution in [1.82, 2.24) is 10.8 Å². The molecule has 0 saturated carbocycles. The van der Waals surface area contributed by atoms with Crippen molar-refractivity contribution >= 4 is 17.2 Å². The summed E-state index contributed by atoms with van der Waals surface area (Å²) in [6, 6.07) is 1.76. The number of hydrogen-bond donors (Lipinski definition) is 3. The molecule has 0 aromatic carbocycles. The van der Waals surface area contributed by atoms with Gasteiger partial charge in [-0.1, -0.05) is 0 Å². The van der Waals surface area contributed by atoms with Crippen molar-refractivity contribution in [3.05, 3.63) is 21.9 Å². The van der Waals surface area contributed by atoms with Crippen LogP contribution in [0.5, 0.6) is 0 Å². The highest BCUT2D eigenvalue weighted by atomic mass is 32.1. The fourth-order valence-electron chi connectivity index (χ4n) is 1.46. The van der Waals surface area contributed by atoms with Crippen LogP contribution in [0.2, 0.25) is 0 Å². The first-order valence-corrected chi connectivity index (χ1v) is 4.92. The number of hydrogen-bond acceptors (Lipinski definition) is 4. The summed E-state index contributed by atoms with van der Waals surface area (Å²) in [5, 5.41) is 13.5. The SMILES string of the molecule is O=C(NO)C1Cc2sccc2CN1. The molecule has 5 heteroatoms. The van der Waals surface area contributed by atoms with Gasteiger partial charge in [-0.25, -0.2) is 5.48 Å². The summed E-state index contributed by atoms with van der Waals surface area (Å²) in [4.78, 5) is 12.3. The Morgan fingerprint density at radius 3 is 3.38 bits per heavy atom. The molecule has 1 aromatic heterocycles. The lowest BCUT2D eigenvalue weighted by molar-refractivity contribution is -0.131. The molecule has 1 aliphatic heterocycles. The summed E-state index contributed by atoms with van der Waals surface area (Å²) in [5.74, 6) is -0.362. The van der Waals surface area contributed by atoms with Gasteiger partial charge in [0.1, 0.15) is 0 Å². The Hall–Kier alpha value is -0.910. The maximum atomic E-state index is 11.1. The summed E-state index contributed by atoms with van der Waals surface area (Å²) in [6.07, 6.45) is 0.666. The largest absolute Gasteiger partial charge is 0.301 e. The van der Waals surface area contributed by atoms with Crippen LogP contribution >= 0.6 is 11.3 Å². The van der Waals surface area contributed by atoms with Gasteiger partial charge in [0.25, 0.3) is 5.91 Å². The molecule has 1 amide bonds. The average Bonchev–Trinajstić information content (AvgIpc) is 2.63. The first-order valence-electron chi connectivity index (χ1n) is 4.04. The molecule has 0 fully saturated rings. The van der Waals surface area contributed by atoms with Gasteiger partial charge in [-0.15, -0.1) is 11.3 Å². The number of thiophene rings is 1. The van der Waals surface area contributed by atoms with Gasteiger partial charge in [0.15, 0.2) is 0 Å². The number of amides is 1. The van der Waals surface area contributed by atoms with Gasteiger partial charge in [-0.05, 0) is 17.0 Å². The van der Waals surface area contributed by atoms with Crippen molar-refractivity contribution in [1.29, 1.82) is 0 Å². The van der Waals surface area contributed by atoms with Crippen LogP contribution in [0, 0.1) is 0 Å². The predicted octanol–water partition coefficient (Wildman–Crippen LogP) is 0.268. The molecular formula is C8H10N2O2S. The van der Waals surface area contributed by atoms with Crippen molar-refractivity contribution in [2.45, 2.75) is 19.0 Å². The van der Waals surface area contributed by atoms with E-state index in [0.29, 0.717) is 13.0 Å². The molecule has 0 aliphatic carbocycles. The highest BCUT2D eigenvalue weighted by Crippen LogP contribution is 2.22. The molecule has 0 radical (unpaired) electrons. The Labute approximate surface area is 79.5 Å². The molecule has 13 heavy (non-hydrogen) atoms.